The van der Waals surface area contributed by atoms with Crippen molar-refractivity contribution in [1.82, 2.24) is 4.90 Å². The van der Waals surface area contributed by atoms with Crippen molar-refractivity contribution < 1.29 is 15.0 Å². The van der Waals surface area contributed by atoms with Crippen LogP contribution in [-0.4, -0.2) is 40.8 Å². The summed E-state index contributed by atoms with van der Waals surface area (Å²) < 4.78 is 0. The van der Waals surface area contributed by atoms with Crippen LogP contribution in [-0.2, 0) is 16.8 Å². The summed E-state index contributed by atoms with van der Waals surface area (Å²) in [5.41, 5.74) is 2.60. The van der Waals surface area contributed by atoms with E-state index in [2.05, 4.69) is 49.9 Å². The Morgan fingerprint density at radius 3 is 2.24 bits per heavy atom. The largest absolute Gasteiger partial charge is 0.481 e. The number of carboxylic acid groups (broad SMARTS) is 1. The molecule has 0 bridgehead atoms. The van der Waals surface area contributed by atoms with E-state index in [1.54, 1.807) is 0 Å². The van der Waals surface area contributed by atoms with Crippen LogP contribution in [0.2, 0.25) is 0 Å². The number of aliphatic hydroxyl groups is 1. The number of hydrogen-bond donors (Lipinski definition) is 2. The summed E-state index contributed by atoms with van der Waals surface area (Å²) in [6.07, 6.45) is 0.797. The van der Waals surface area contributed by atoms with Gasteiger partial charge in [-0.3, -0.25) is 9.69 Å². The number of nitrogens with zero attached hydrogens (tertiary/aromatic N) is 1. The van der Waals surface area contributed by atoms with Gasteiger partial charge in [-0.15, -0.1) is 0 Å². The van der Waals surface area contributed by atoms with Gasteiger partial charge < -0.3 is 10.2 Å². The Bertz CT molecular complexity index is 434. The summed E-state index contributed by atoms with van der Waals surface area (Å²) in [5.74, 6) is -0.785. The summed E-state index contributed by atoms with van der Waals surface area (Å²) in [6.45, 7) is 8.62. The van der Waals surface area contributed by atoms with Gasteiger partial charge in [0.05, 0.1) is 6.42 Å². The molecule has 0 aliphatic rings. The van der Waals surface area contributed by atoms with Gasteiger partial charge in [-0.05, 0) is 23.0 Å². The molecule has 21 heavy (non-hydrogen) atoms. The first kappa shape index (κ1) is 17.7. The Kier molecular flexibility index (Phi) is 6.85. The van der Waals surface area contributed by atoms with Crippen molar-refractivity contribution in [1.29, 1.82) is 0 Å². The maximum absolute atomic E-state index is 10.7. The maximum Gasteiger partial charge on any atom is 0.304 e. The van der Waals surface area contributed by atoms with Crippen LogP contribution in [0.3, 0.4) is 0 Å². The van der Waals surface area contributed by atoms with Gasteiger partial charge in [-0.1, -0.05) is 45.0 Å². The number of aliphatic carboxylic acids is 1. The molecule has 0 radical (unpaired) electrons. The third-order valence-electron chi connectivity index (χ3n) is 3.50. The van der Waals surface area contributed by atoms with Crippen LogP contribution in [0.5, 0.6) is 0 Å². The number of rotatable bonds is 8. The second-order valence-corrected chi connectivity index (χ2v) is 6.44. The van der Waals surface area contributed by atoms with E-state index < -0.39 is 5.97 Å². The van der Waals surface area contributed by atoms with E-state index in [4.69, 9.17) is 10.2 Å². The minimum atomic E-state index is -0.785. The normalized spacial score (nSPS) is 11.9. The fourth-order valence-corrected chi connectivity index (χ4v) is 2.19. The second-order valence-electron chi connectivity index (χ2n) is 6.44. The predicted octanol–water partition coefficient (Wildman–Crippen LogP) is 2.64. The second kappa shape index (κ2) is 8.15. The molecule has 0 heterocycles. The molecule has 118 valence electrons. The SMILES string of the molecule is CC(C)(C)c1ccc(CN(CCCO)CCC(=O)O)cc1. The molecule has 0 saturated heterocycles. The Hall–Kier alpha value is -1.39. The number of aliphatic hydroxyl groups excluding tert-OH is 1. The molecule has 0 fully saturated rings. The molecule has 4 heteroatoms. The van der Waals surface area contributed by atoms with Crippen LogP contribution < -0.4 is 0 Å². The molecule has 1 rings (SSSR count). The van der Waals surface area contributed by atoms with Crippen LogP contribution >= 0.6 is 0 Å². The van der Waals surface area contributed by atoms with Crippen molar-refractivity contribution in [3.63, 3.8) is 0 Å². The molecule has 0 saturated carbocycles. The van der Waals surface area contributed by atoms with Crippen LogP contribution in [0.25, 0.3) is 0 Å². The lowest BCUT2D eigenvalue weighted by atomic mass is 9.87. The molecule has 0 spiro atoms. The summed E-state index contributed by atoms with van der Waals surface area (Å²) in [6, 6.07) is 8.48. The average Bonchev–Trinajstić information content (AvgIpc) is 2.41. The fourth-order valence-electron chi connectivity index (χ4n) is 2.19. The van der Waals surface area contributed by atoms with Crippen molar-refractivity contribution in [3.05, 3.63) is 35.4 Å². The lowest BCUT2D eigenvalue weighted by molar-refractivity contribution is -0.137. The smallest absolute Gasteiger partial charge is 0.304 e. The Morgan fingerprint density at radius 2 is 1.76 bits per heavy atom. The Morgan fingerprint density at radius 1 is 1.14 bits per heavy atom. The molecule has 1 aromatic rings. The zero-order chi connectivity index (χ0) is 15.9. The van der Waals surface area contributed by atoms with E-state index in [1.165, 1.54) is 11.1 Å². The zero-order valence-electron chi connectivity index (χ0n) is 13.3. The summed E-state index contributed by atoms with van der Waals surface area (Å²) >= 11 is 0. The molecule has 0 aliphatic heterocycles. The van der Waals surface area contributed by atoms with Crippen LogP contribution in [0.15, 0.2) is 24.3 Å². The van der Waals surface area contributed by atoms with E-state index >= 15 is 0 Å². The molecule has 0 aliphatic carbocycles. The summed E-state index contributed by atoms with van der Waals surface area (Å²) in [4.78, 5) is 12.8. The molecular weight excluding hydrogens is 266 g/mol. The Balaban J connectivity index is 2.66. The zero-order valence-corrected chi connectivity index (χ0v) is 13.3. The highest BCUT2D eigenvalue weighted by molar-refractivity contribution is 5.66. The van der Waals surface area contributed by atoms with E-state index in [9.17, 15) is 4.79 Å². The van der Waals surface area contributed by atoms with Gasteiger partial charge in [0.2, 0.25) is 0 Å². The fraction of sp³-hybridized carbons (Fsp3) is 0.588. The molecule has 0 aromatic heterocycles. The van der Waals surface area contributed by atoms with Gasteiger partial charge in [0, 0.05) is 26.2 Å². The van der Waals surface area contributed by atoms with Crippen molar-refractivity contribution in [2.75, 3.05) is 19.7 Å². The number of hydrogen-bond acceptors (Lipinski definition) is 3. The predicted molar refractivity (Wildman–Crippen MR) is 84.4 cm³/mol. The molecule has 4 nitrogen and oxygen atoms in total. The van der Waals surface area contributed by atoms with E-state index in [1.807, 2.05) is 0 Å². The van der Waals surface area contributed by atoms with Crippen LogP contribution in [0.4, 0.5) is 0 Å². The van der Waals surface area contributed by atoms with E-state index in [0.717, 1.165) is 6.54 Å². The lowest BCUT2D eigenvalue weighted by Gasteiger charge is -2.23. The lowest BCUT2D eigenvalue weighted by Crippen LogP contribution is -2.27. The van der Waals surface area contributed by atoms with Gasteiger partial charge in [-0.2, -0.15) is 0 Å². The summed E-state index contributed by atoms with van der Waals surface area (Å²) in [5, 5.41) is 17.7. The monoisotopic (exact) mass is 293 g/mol. The van der Waals surface area contributed by atoms with Gasteiger partial charge in [0.15, 0.2) is 0 Å². The highest BCUT2D eigenvalue weighted by Gasteiger charge is 2.13. The number of carboxylic acids is 1. The topological polar surface area (TPSA) is 60.8 Å². The molecular formula is C17H27NO3. The van der Waals surface area contributed by atoms with Gasteiger partial charge in [0.25, 0.3) is 0 Å². The minimum Gasteiger partial charge on any atom is -0.481 e. The first-order chi connectivity index (χ1) is 9.82. The average molecular weight is 293 g/mol. The maximum atomic E-state index is 10.7. The highest BCUT2D eigenvalue weighted by atomic mass is 16.4. The van der Waals surface area contributed by atoms with Crippen molar-refractivity contribution >= 4 is 5.97 Å². The first-order valence-corrected chi connectivity index (χ1v) is 7.47. The quantitative estimate of drug-likeness (QED) is 0.773. The number of benzene rings is 1. The molecule has 0 atom stereocenters. The molecule has 0 unspecified atom stereocenters. The first-order valence-electron chi connectivity index (χ1n) is 7.47. The third-order valence-corrected chi connectivity index (χ3v) is 3.50. The van der Waals surface area contributed by atoms with Gasteiger partial charge in [-0.25, -0.2) is 0 Å². The highest BCUT2D eigenvalue weighted by Crippen LogP contribution is 2.22. The standard InChI is InChI=1S/C17H27NO3/c1-17(2,3)15-7-5-14(6-8-15)13-18(10-4-12-19)11-9-16(20)21/h5-8,19H,4,9-13H2,1-3H3,(H,20,21). The van der Waals surface area contributed by atoms with E-state index in [0.29, 0.717) is 19.5 Å². The minimum absolute atomic E-state index is 0.130. The molecule has 0 amide bonds. The van der Waals surface area contributed by atoms with Crippen molar-refractivity contribution in [2.24, 2.45) is 0 Å². The van der Waals surface area contributed by atoms with Crippen molar-refractivity contribution in [3.8, 4) is 0 Å². The van der Waals surface area contributed by atoms with Crippen LogP contribution in [0, 0.1) is 0 Å². The summed E-state index contributed by atoms with van der Waals surface area (Å²) in [7, 11) is 0. The molecule has 1 aromatic carbocycles. The van der Waals surface area contributed by atoms with Crippen LogP contribution in [0.1, 0.15) is 44.7 Å². The molecule has 2 N–H and O–H groups in total. The number of carbonyl (C=O) groups is 1. The van der Waals surface area contributed by atoms with Crippen molar-refractivity contribution in [2.45, 2.75) is 45.6 Å². The van der Waals surface area contributed by atoms with Gasteiger partial charge >= 0.3 is 5.97 Å². The van der Waals surface area contributed by atoms with Gasteiger partial charge in [0.1, 0.15) is 0 Å². The Labute approximate surface area is 127 Å². The van der Waals surface area contributed by atoms with E-state index in [-0.39, 0.29) is 18.4 Å². The third kappa shape index (κ3) is 6.74.